The van der Waals surface area contributed by atoms with Gasteiger partial charge in [-0.3, -0.25) is 19.7 Å². The number of nitro groups is 1. The molecule has 1 amide bonds. The van der Waals surface area contributed by atoms with E-state index in [1.54, 1.807) is 24.3 Å². The maximum Gasteiger partial charge on any atom is 0.339 e. The predicted molar refractivity (Wildman–Crippen MR) is 127 cm³/mol. The number of ether oxygens (including phenoxy) is 1. The number of rotatable bonds is 9. The highest BCUT2D eigenvalue weighted by atomic mass is 16.6. The molecule has 0 spiro atoms. The van der Waals surface area contributed by atoms with Gasteiger partial charge >= 0.3 is 5.97 Å². The molecule has 3 rings (SSSR count). The second kappa shape index (κ2) is 10.9. The lowest BCUT2D eigenvalue weighted by molar-refractivity contribution is -0.384. The zero-order valence-electron chi connectivity index (χ0n) is 18.6. The van der Waals surface area contributed by atoms with Crippen LogP contribution in [0.1, 0.15) is 40.1 Å². The van der Waals surface area contributed by atoms with Gasteiger partial charge in [-0.15, -0.1) is 0 Å². The van der Waals surface area contributed by atoms with Crippen molar-refractivity contribution in [2.24, 2.45) is 0 Å². The van der Waals surface area contributed by atoms with Gasteiger partial charge in [-0.2, -0.15) is 0 Å². The first-order valence-electron chi connectivity index (χ1n) is 10.4. The minimum Gasteiger partial charge on any atom is -0.449 e. The molecule has 3 aromatic rings. The van der Waals surface area contributed by atoms with Crippen molar-refractivity contribution in [3.8, 4) is 0 Å². The van der Waals surface area contributed by atoms with Crippen LogP contribution < -0.4 is 10.6 Å². The van der Waals surface area contributed by atoms with Crippen LogP contribution in [0.5, 0.6) is 0 Å². The second-order valence-corrected chi connectivity index (χ2v) is 7.50. The van der Waals surface area contributed by atoms with Crippen molar-refractivity contribution >= 4 is 34.7 Å². The maximum atomic E-state index is 12.5. The van der Waals surface area contributed by atoms with Crippen molar-refractivity contribution in [3.63, 3.8) is 0 Å². The topological polar surface area (TPSA) is 128 Å². The average Bonchev–Trinajstić information content (AvgIpc) is 2.83. The van der Waals surface area contributed by atoms with Crippen molar-refractivity contribution in [1.82, 2.24) is 0 Å². The van der Waals surface area contributed by atoms with E-state index in [4.69, 9.17) is 4.74 Å². The Bertz CT molecular complexity index is 1210. The minimum atomic E-state index is -1.16. The summed E-state index contributed by atoms with van der Waals surface area (Å²) in [5, 5.41) is 17.1. The van der Waals surface area contributed by atoms with Gasteiger partial charge in [-0.25, -0.2) is 4.79 Å². The first kappa shape index (κ1) is 24.1. The Morgan fingerprint density at radius 3 is 2.24 bits per heavy atom. The molecule has 2 N–H and O–H groups in total. The van der Waals surface area contributed by atoms with Gasteiger partial charge in [0.1, 0.15) is 5.69 Å². The van der Waals surface area contributed by atoms with Crippen LogP contribution in [0.25, 0.3) is 0 Å². The van der Waals surface area contributed by atoms with Crippen LogP contribution in [0.15, 0.2) is 72.8 Å². The van der Waals surface area contributed by atoms with E-state index in [1.165, 1.54) is 26.0 Å². The molecule has 3 aromatic carbocycles. The lowest BCUT2D eigenvalue weighted by atomic mass is 10.1. The largest absolute Gasteiger partial charge is 0.449 e. The zero-order valence-corrected chi connectivity index (χ0v) is 18.6. The summed E-state index contributed by atoms with van der Waals surface area (Å²) in [5.41, 5.74) is 1.79. The summed E-state index contributed by atoms with van der Waals surface area (Å²) < 4.78 is 5.19. The Morgan fingerprint density at radius 1 is 0.971 bits per heavy atom. The molecule has 0 saturated heterocycles. The van der Waals surface area contributed by atoms with E-state index < -0.39 is 22.9 Å². The highest BCUT2D eigenvalue weighted by Gasteiger charge is 2.22. The van der Waals surface area contributed by atoms with E-state index in [0.29, 0.717) is 17.8 Å². The van der Waals surface area contributed by atoms with Gasteiger partial charge < -0.3 is 15.4 Å². The highest BCUT2D eigenvalue weighted by molar-refractivity contribution is 5.98. The molecule has 0 aromatic heterocycles. The molecule has 0 bridgehead atoms. The number of esters is 1. The number of carbonyl (C=O) groups excluding carboxylic acids is 3. The third kappa shape index (κ3) is 6.26. The lowest BCUT2D eigenvalue weighted by Gasteiger charge is -2.14. The van der Waals surface area contributed by atoms with Gasteiger partial charge in [0.15, 0.2) is 11.9 Å². The molecule has 0 radical (unpaired) electrons. The normalized spacial score (nSPS) is 11.2. The lowest BCUT2D eigenvalue weighted by Crippen LogP contribution is -2.30. The Morgan fingerprint density at radius 2 is 1.62 bits per heavy atom. The number of nitrogens with one attached hydrogen (secondary N) is 2. The van der Waals surface area contributed by atoms with E-state index in [1.807, 2.05) is 30.3 Å². The first-order valence-corrected chi connectivity index (χ1v) is 10.4. The Hall–Kier alpha value is -4.53. The van der Waals surface area contributed by atoms with Crippen molar-refractivity contribution < 1.29 is 24.0 Å². The van der Waals surface area contributed by atoms with Crippen LogP contribution in [0.4, 0.5) is 17.1 Å². The summed E-state index contributed by atoms with van der Waals surface area (Å²) in [5.74, 6) is -1.55. The van der Waals surface area contributed by atoms with E-state index in [0.717, 1.165) is 11.6 Å². The van der Waals surface area contributed by atoms with Crippen LogP contribution in [-0.4, -0.2) is 28.7 Å². The Labute approximate surface area is 195 Å². The van der Waals surface area contributed by atoms with Crippen LogP contribution >= 0.6 is 0 Å². The van der Waals surface area contributed by atoms with Gasteiger partial charge in [-0.05, 0) is 55.8 Å². The number of ketones is 1. The first-order chi connectivity index (χ1) is 16.2. The van der Waals surface area contributed by atoms with Crippen molar-refractivity contribution in [1.29, 1.82) is 0 Å². The number of benzene rings is 3. The number of hydrogen-bond acceptors (Lipinski definition) is 7. The number of nitro benzene ring substituents is 1. The molecule has 0 heterocycles. The predicted octanol–water partition coefficient (Wildman–Crippen LogP) is 4.59. The van der Waals surface area contributed by atoms with Gasteiger partial charge in [0.2, 0.25) is 0 Å². The van der Waals surface area contributed by atoms with E-state index in [-0.39, 0.29) is 22.7 Å². The summed E-state index contributed by atoms with van der Waals surface area (Å²) in [6.07, 6.45) is -1.16. The van der Waals surface area contributed by atoms with Crippen LogP contribution in [-0.2, 0) is 16.1 Å². The number of carbonyl (C=O) groups is 3. The fourth-order valence-electron chi connectivity index (χ4n) is 3.07. The van der Waals surface area contributed by atoms with Gasteiger partial charge in [0.05, 0.1) is 10.5 Å². The SMILES string of the molecule is CC(=O)c1ccc(NC(=O)C(C)OC(=O)c2ccc(NCc3ccccc3)c([N+](=O)[O-])c2)cc1. The minimum absolute atomic E-state index is 0.0533. The third-order valence-electron chi connectivity index (χ3n) is 4.97. The molecule has 0 saturated carbocycles. The molecule has 174 valence electrons. The summed E-state index contributed by atoms with van der Waals surface area (Å²) in [4.78, 5) is 47.2. The van der Waals surface area contributed by atoms with E-state index in [2.05, 4.69) is 10.6 Å². The van der Waals surface area contributed by atoms with Gasteiger partial charge in [0.25, 0.3) is 11.6 Å². The van der Waals surface area contributed by atoms with Crippen LogP contribution in [0.3, 0.4) is 0 Å². The van der Waals surface area contributed by atoms with Crippen molar-refractivity contribution in [2.75, 3.05) is 10.6 Å². The molecule has 9 nitrogen and oxygen atoms in total. The molecule has 34 heavy (non-hydrogen) atoms. The summed E-state index contributed by atoms with van der Waals surface area (Å²) in [7, 11) is 0. The quantitative estimate of drug-likeness (QED) is 0.206. The molecule has 0 aliphatic rings. The van der Waals surface area contributed by atoms with Crippen LogP contribution in [0.2, 0.25) is 0 Å². The number of anilines is 2. The second-order valence-electron chi connectivity index (χ2n) is 7.50. The standard InChI is InChI=1S/C25H23N3O6/c1-16(29)19-8-11-21(12-9-19)27-24(30)17(2)34-25(31)20-10-13-22(23(14-20)28(32)33)26-15-18-6-4-3-5-7-18/h3-14,17,26H,15H2,1-2H3,(H,27,30). The van der Waals surface area contributed by atoms with Crippen LogP contribution in [0, 0.1) is 10.1 Å². The number of nitrogens with zero attached hydrogens (tertiary/aromatic N) is 1. The fourth-order valence-corrected chi connectivity index (χ4v) is 3.07. The molecular formula is C25H23N3O6. The summed E-state index contributed by atoms with van der Waals surface area (Å²) in [6.45, 7) is 3.20. The fraction of sp³-hybridized carbons (Fsp3) is 0.160. The van der Waals surface area contributed by atoms with E-state index in [9.17, 15) is 24.5 Å². The molecule has 1 atom stereocenters. The number of hydrogen-bond donors (Lipinski definition) is 2. The highest BCUT2D eigenvalue weighted by Crippen LogP contribution is 2.27. The number of amides is 1. The Kier molecular flexibility index (Phi) is 7.71. The summed E-state index contributed by atoms with van der Waals surface area (Å²) in [6, 6.07) is 19.6. The molecule has 1 unspecified atom stereocenters. The maximum absolute atomic E-state index is 12.5. The smallest absolute Gasteiger partial charge is 0.339 e. The average molecular weight is 461 g/mol. The Balaban J connectivity index is 1.64. The third-order valence-corrected chi connectivity index (χ3v) is 4.97. The van der Waals surface area contributed by atoms with E-state index >= 15 is 0 Å². The van der Waals surface area contributed by atoms with Crippen molar-refractivity contribution in [3.05, 3.63) is 99.6 Å². The van der Waals surface area contributed by atoms with Gasteiger partial charge in [0, 0.05) is 23.9 Å². The molecule has 0 aliphatic heterocycles. The monoisotopic (exact) mass is 461 g/mol. The number of Topliss-reactive ketones (excluding diaryl/α,β-unsaturated/α-hetero) is 1. The van der Waals surface area contributed by atoms with Crippen molar-refractivity contribution in [2.45, 2.75) is 26.5 Å². The molecule has 9 heteroatoms. The summed E-state index contributed by atoms with van der Waals surface area (Å²) >= 11 is 0. The zero-order chi connectivity index (χ0) is 24.7. The molecule has 0 aliphatic carbocycles. The molecule has 0 fully saturated rings. The molecular weight excluding hydrogens is 438 g/mol. The van der Waals surface area contributed by atoms with Gasteiger partial charge in [-0.1, -0.05) is 30.3 Å².